The van der Waals surface area contributed by atoms with E-state index in [9.17, 15) is 0 Å². The van der Waals surface area contributed by atoms with Gasteiger partial charge >= 0.3 is 0 Å². The molecule has 1 aromatic rings. The van der Waals surface area contributed by atoms with E-state index in [0.29, 0.717) is 0 Å². The molecule has 2 atom stereocenters. The van der Waals surface area contributed by atoms with Gasteiger partial charge in [0.25, 0.3) is 0 Å². The number of hydrogen-bond acceptors (Lipinski definition) is 3. The van der Waals surface area contributed by atoms with E-state index in [4.69, 9.17) is 9.47 Å². The molecule has 1 aliphatic rings. The van der Waals surface area contributed by atoms with Crippen LogP contribution in [0, 0.1) is 0 Å². The number of hydrogen-bond donors (Lipinski definition) is 0. The Morgan fingerprint density at radius 2 is 1.24 bits per heavy atom. The molecule has 1 aliphatic heterocycles. The minimum Gasteiger partial charge on any atom is -0.482 e. The Bertz CT molecular complexity index is 354. The zero-order valence-electron chi connectivity index (χ0n) is 13.6. The Morgan fingerprint density at radius 1 is 0.762 bits per heavy atom. The molecule has 0 saturated carbocycles. The summed E-state index contributed by atoms with van der Waals surface area (Å²) in [6, 6.07) is 0. The Labute approximate surface area is 133 Å². The van der Waals surface area contributed by atoms with Gasteiger partial charge in [0, 0.05) is 10.8 Å². The lowest BCUT2D eigenvalue weighted by atomic mass is 9.99. The van der Waals surface area contributed by atoms with Gasteiger partial charge < -0.3 is 9.47 Å². The highest BCUT2D eigenvalue weighted by atomic mass is 32.1. The first-order valence-electron chi connectivity index (χ1n) is 8.74. The molecule has 3 heteroatoms. The highest BCUT2D eigenvalue weighted by Gasteiger charge is 2.31. The van der Waals surface area contributed by atoms with Crippen molar-refractivity contribution in [2.24, 2.45) is 0 Å². The van der Waals surface area contributed by atoms with E-state index >= 15 is 0 Å². The molecule has 0 unspecified atom stereocenters. The van der Waals surface area contributed by atoms with Gasteiger partial charge in [0.05, 0.1) is 0 Å². The highest BCUT2D eigenvalue weighted by Crippen LogP contribution is 2.39. The maximum atomic E-state index is 6.21. The first-order chi connectivity index (χ1) is 10.3. The fraction of sp³-hybridized carbons (Fsp3) is 0.778. The third-order valence-electron chi connectivity index (χ3n) is 4.25. The predicted octanol–water partition coefficient (Wildman–Crippen LogP) is 6.20. The van der Waals surface area contributed by atoms with Crippen molar-refractivity contribution in [2.75, 3.05) is 0 Å². The summed E-state index contributed by atoms with van der Waals surface area (Å²) in [5.74, 6) is 1.93. The van der Waals surface area contributed by atoms with E-state index in [1.165, 1.54) is 51.4 Å². The summed E-state index contributed by atoms with van der Waals surface area (Å²) < 4.78 is 12.4. The summed E-state index contributed by atoms with van der Waals surface area (Å²) in [5, 5.41) is 4.14. The van der Waals surface area contributed by atoms with Crippen LogP contribution in [0.3, 0.4) is 0 Å². The van der Waals surface area contributed by atoms with Crippen LogP contribution in [0.5, 0.6) is 11.5 Å². The second kappa shape index (κ2) is 9.34. The molecular weight excluding hydrogens is 280 g/mol. The van der Waals surface area contributed by atoms with Gasteiger partial charge in [-0.1, -0.05) is 52.4 Å². The molecule has 0 fully saturated rings. The first-order valence-corrected chi connectivity index (χ1v) is 9.69. The number of unbranched alkanes of at least 4 members (excludes halogenated alkanes) is 6. The molecule has 0 radical (unpaired) electrons. The van der Waals surface area contributed by atoms with Crippen LogP contribution in [0.25, 0.3) is 0 Å². The van der Waals surface area contributed by atoms with Gasteiger partial charge in [0.15, 0.2) is 11.5 Å². The second-order valence-electron chi connectivity index (χ2n) is 6.11. The number of thiophene rings is 1. The van der Waals surface area contributed by atoms with E-state index in [0.717, 1.165) is 24.3 Å². The van der Waals surface area contributed by atoms with E-state index in [1.54, 1.807) is 11.3 Å². The summed E-state index contributed by atoms with van der Waals surface area (Å²) in [6.07, 6.45) is 13.2. The molecule has 0 saturated heterocycles. The SMILES string of the molecule is CCCCCC[C@H]1Oc2cscc2O[C@@H]1CCCCCC. The molecule has 120 valence electrons. The Balaban J connectivity index is 1.84. The van der Waals surface area contributed by atoms with Crippen LogP contribution in [0.1, 0.15) is 78.1 Å². The molecule has 0 amide bonds. The van der Waals surface area contributed by atoms with Crippen molar-refractivity contribution in [3.8, 4) is 11.5 Å². The van der Waals surface area contributed by atoms with Crippen molar-refractivity contribution in [2.45, 2.75) is 90.3 Å². The maximum Gasteiger partial charge on any atom is 0.172 e. The maximum absolute atomic E-state index is 6.21. The van der Waals surface area contributed by atoms with Crippen LogP contribution in [-0.4, -0.2) is 12.2 Å². The standard InChI is InChI=1S/C18H30O2S/c1-3-5-7-9-11-15-16(12-10-8-6-4-2)20-18-14-21-13-17(18)19-15/h13-16H,3-12H2,1-2H3/t15-,16-/m1/s1. The van der Waals surface area contributed by atoms with E-state index < -0.39 is 0 Å². The van der Waals surface area contributed by atoms with Crippen LogP contribution in [0.2, 0.25) is 0 Å². The molecular formula is C18H30O2S. The van der Waals surface area contributed by atoms with Gasteiger partial charge in [-0.3, -0.25) is 0 Å². The number of rotatable bonds is 10. The first kappa shape index (κ1) is 16.7. The van der Waals surface area contributed by atoms with Crippen molar-refractivity contribution in [1.82, 2.24) is 0 Å². The minimum atomic E-state index is 0.255. The van der Waals surface area contributed by atoms with Gasteiger partial charge in [-0.25, -0.2) is 0 Å². The van der Waals surface area contributed by atoms with Gasteiger partial charge in [-0.2, -0.15) is 0 Å². The quantitative estimate of drug-likeness (QED) is 0.479. The Kier molecular flexibility index (Phi) is 7.42. The smallest absolute Gasteiger partial charge is 0.172 e. The zero-order chi connectivity index (χ0) is 14.9. The fourth-order valence-corrected chi connectivity index (χ4v) is 3.62. The lowest BCUT2D eigenvalue weighted by molar-refractivity contribution is 0.00991. The average molecular weight is 311 g/mol. The fourth-order valence-electron chi connectivity index (χ4n) is 2.96. The van der Waals surface area contributed by atoms with Crippen LogP contribution in [0.15, 0.2) is 10.8 Å². The summed E-state index contributed by atoms with van der Waals surface area (Å²) in [6.45, 7) is 4.52. The lowest BCUT2D eigenvalue weighted by Crippen LogP contribution is -2.39. The highest BCUT2D eigenvalue weighted by molar-refractivity contribution is 7.08. The van der Waals surface area contributed by atoms with Crippen LogP contribution in [-0.2, 0) is 0 Å². The van der Waals surface area contributed by atoms with Gasteiger partial charge in [0.1, 0.15) is 12.2 Å². The van der Waals surface area contributed by atoms with Gasteiger partial charge in [0.2, 0.25) is 0 Å². The molecule has 0 aromatic carbocycles. The third-order valence-corrected chi connectivity index (χ3v) is 4.95. The van der Waals surface area contributed by atoms with Gasteiger partial charge in [-0.15, -0.1) is 11.3 Å². The summed E-state index contributed by atoms with van der Waals surface area (Å²) in [5.41, 5.74) is 0. The van der Waals surface area contributed by atoms with Crippen molar-refractivity contribution in [3.63, 3.8) is 0 Å². The topological polar surface area (TPSA) is 18.5 Å². The third kappa shape index (κ3) is 5.21. The molecule has 2 nitrogen and oxygen atoms in total. The van der Waals surface area contributed by atoms with E-state index in [-0.39, 0.29) is 12.2 Å². The molecule has 0 spiro atoms. The summed E-state index contributed by atoms with van der Waals surface area (Å²) in [4.78, 5) is 0. The largest absolute Gasteiger partial charge is 0.482 e. The number of fused-ring (bicyclic) bond motifs is 1. The van der Waals surface area contributed by atoms with E-state index in [2.05, 4.69) is 24.6 Å². The van der Waals surface area contributed by atoms with E-state index in [1.807, 2.05) is 0 Å². The molecule has 0 N–H and O–H groups in total. The van der Waals surface area contributed by atoms with Crippen molar-refractivity contribution in [3.05, 3.63) is 10.8 Å². The van der Waals surface area contributed by atoms with Crippen molar-refractivity contribution < 1.29 is 9.47 Å². The average Bonchev–Trinajstić information content (AvgIpc) is 2.95. The molecule has 2 rings (SSSR count). The summed E-state index contributed by atoms with van der Waals surface area (Å²) >= 11 is 1.67. The van der Waals surface area contributed by atoms with Gasteiger partial charge in [-0.05, 0) is 25.7 Å². The predicted molar refractivity (Wildman–Crippen MR) is 90.7 cm³/mol. The Hall–Kier alpha value is -0.700. The molecule has 21 heavy (non-hydrogen) atoms. The molecule has 0 bridgehead atoms. The second-order valence-corrected chi connectivity index (χ2v) is 6.86. The number of ether oxygens (including phenoxy) is 2. The molecule has 2 heterocycles. The minimum absolute atomic E-state index is 0.255. The summed E-state index contributed by atoms with van der Waals surface area (Å²) in [7, 11) is 0. The van der Waals surface area contributed by atoms with Crippen molar-refractivity contribution in [1.29, 1.82) is 0 Å². The van der Waals surface area contributed by atoms with Crippen LogP contribution >= 0.6 is 11.3 Å². The van der Waals surface area contributed by atoms with Crippen molar-refractivity contribution >= 4 is 11.3 Å². The van der Waals surface area contributed by atoms with Crippen LogP contribution in [0.4, 0.5) is 0 Å². The molecule has 1 aromatic heterocycles. The zero-order valence-corrected chi connectivity index (χ0v) is 14.4. The molecule has 0 aliphatic carbocycles. The normalized spacial score (nSPS) is 20.7. The Morgan fingerprint density at radius 3 is 1.67 bits per heavy atom. The van der Waals surface area contributed by atoms with Crippen LogP contribution < -0.4 is 9.47 Å². The monoisotopic (exact) mass is 310 g/mol. The lowest BCUT2D eigenvalue weighted by Gasteiger charge is -2.33.